The summed E-state index contributed by atoms with van der Waals surface area (Å²) in [6.07, 6.45) is 2.87. The number of ether oxygens (including phenoxy) is 1. The van der Waals surface area contributed by atoms with Crippen LogP contribution >= 0.6 is 0 Å². The summed E-state index contributed by atoms with van der Waals surface area (Å²) in [6.45, 7) is 3.81. The molecule has 0 saturated heterocycles. The van der Waals surface area contributed by atoms with Crippen molar-refractivity contribution in [1.82, 2.24) is 0 Å². The average Bonchev–Trinajstić information content (AvgIpc) is 1.66. The highest BCUT2D eigenvalue weighted by Gasteiger charge is 1.82. The van der Waals surface area contributed by atoms with E-state index in [0.29, 0.717) is 0 Å². The van der Waals surface area contributed by atoms with Crippen LogP contribution in [0.5, 0.6) is 0 Å². The molecule has 0 bridgehead atoms. The third-order valence-corrected chi connectivity index (χ3v) is 0.493. The molecule has 8 heavy (non-hydrogen) atoms. The van der Waals surface area contributed by atoms with Gasteiger partial charge in [-0.25, -0.2) is 0 Å². The Morgan fingerprint density at radius 2 is 2.25 bits per heavy atom. The van der Waals surface area contributed by atoms with E-state index >= 15 is 0 Å². The lowest BCUT2D eigenvalue weighted by atomic mass is 10.5. The van der Waals surface area contributed by atoms with Gasteiger partial charge in [-0.05, 0) is 13.8 Å². The number of hydrogen-bond donors (Lipinski definition) is 0. The first-order chi connectivity index (χ1) is 3.77. The van der Waals surface area contributed by atoms with Gasteiger partial charge in [-0.3, -0.25) is 0 Å². The van der Waals surface area contributed by atoms with Crippen LogP contribution in [0.25, 0.3) is 0 Å². The molecular formula is C6H9NO. The molecule has 0 fully saturated rings. The fraction of sp³-hybridized carbons (Fsp3) is 0.500. The van der Waals surface area contributed by atoms with Crippen molar-refractivity contribution in [1.29, 1.82) is 5.26 Å². The number of nitriles is 1. The third-order valence-electron chi connectivity index (χ3n) is 0.493. The van der Waals surface area contributed by atoms with Gasteiger partial charge in [-0.15, -0.1) is 0 Å². The van der Waals surface area contributed by atoms with Crippen LogP contribution in [-0.2, 0) is 4.74 Å². The van der Waals surface area contributed by atoms with E-state index < -0.39 is 0 Å². The minimum Gasteiger partial charge on any atom is -0.498 e. The molecule has 0 amide bonds. The summed E-state index contributed by atoms with van der Waals surface area (Å²) < 4.78 is 4.88. The van der Waals surface area contributed by atoms with E-state index in [2.05, 4.69) is 0 Å². The lowest BCUT2D eigenvalue weighted by Crippen LogP contribution is -1.93. The molecule has 0 rings (SSSR count). The van der Waals surface area contributed by atoms with Gasteiger partial charge in [0.05, 0.1) is 24.5 Å². The van der Waals surface area contributed by atoms with E-state index in [0.717, 1.165) is 0 Å². The molecule has 0 saturated carbocycles. The zero-order valence-corrected chi connectivity index (χ0v) is 5.09. The molecule has 0 aliphatic carbocycles. The van der Waals surface area contributed by atoms with Gasteiger partial charge in [0.1, 0.15) is 0 Å². The van der Waals surface area contributed by atoms with Gasteiger partial charge >= 0.3 is 0 Å². The molecule has 0 N–H and O–H groups in total. The van der Waals surface area contributed by atoms with Crippen molar-refractivity contribution in [2.45, 2.75) is 20.0 Å². The van der Waals surface area contributed by atoms with Gasteiger partial charge in [0.15, 0.2) is 0 Å². The van der Waals surface area contributed by atoms with Gasteiger partial charge < -0.3 is 4.74 Å². The zero-order valence-electron chi connectivity index (χ0n) is 5.09. The van der Waals surface area contributed by atoms with Crippen molar-refractivity contribution >= 4 is 0 Å². The van der Waals surface area contributed by atoms with Crippen LogP contribution in [0.1, 0.15) is 13.8 Å². The summed E-state index contributed by atoms with van der Waals surface area (Å²) in [4.78, 5) is 0. The number of nitrogens with zero attached hydrogens (tertiary/aromatic N) is 1. The molecule has 44 valence electrons. The second kappa shape index (κ2) is 4.20. The molecule has 2 nitrogen and oxygen atoms in total. The highest BCUT2D eigenvalue weighted by Crippen LogP contribution is 1.86. The van der Waals surface area contributed by atoms with Gasteiger partial charge in [-0.2, -0.15) is 5.26 Å². The molecule has 0 atom stereocenters. The zero-order chi connectivity index (χ0) is 6.41. The van der Waals surface area contributed by atoms with Crippen LogP contribution in [0.15, 0.2) is 12.3 Å². The largest absolute Gasteiger partial charge is 0.498 e. The van der Waals surface area contributed by atoms with E-state index in [-0.39, 0.29) is 6.10 Å². The molecular weight excluding hydrogens is 102 g/mol. The lowest BCUT2D eigenvalue weighted by Gasteiger charge is -2.00. The minimum atomic E-state index is 0.166. The van der Waals surface area contributed by atoms with E-state index in [4.69, 9.17) is 10.00 Å². The Kier molecular flexibility index (Phi) is 3.69. The van der Waals surface area contributed by atoms with Crippen LogP contribution < -0.4 is 0 Å². The van der Waals surface area contributed by atoms with Crippen molar-refractivity contribution < 1.29 is 4.74 Å². The van der Waals surface area contributed by atoms with Gasteiger partial charge in [0.2, 0.25) is 0 Å². The Hall–Kier alpha value is -0.970. The van der Waals surface area contributed by atoms with Crippen LogP contribution in [0.2, 0.25) is 0 Å². The molecule has 0 spiro atoms. The minimum absolute atomic E-state index is 0.166. The molecule has 0 aliphatic heterocycles. The maximum Gasteiger partial charge on any atom is 0.0944 e. The van der Waals surface area contributed by atoms with Crippen LogP contribution in [0.4, 0.5) is 0 Å². The highest BCUT2D eigenvalue weighted by atomic mass is 16.5. The summed E-state index contributed by atoms with van der Waals surface area (Å²) in [5.74, 6) is 0. The summed E-state index contributed by atoms with van der Waals surface area (Å²) >= 11 is 0. The fourth-order valence-corrected chi connectivity index (χ4v) is 0.227. The summed E-state index contributed by atoms with van der Waals surface area (Å²) in [6, 6.07) is 1.82. The topological polar surface area (TPSA) is 33.0 Å². The van der Waals surface area contributed by atoms with Crippen molar-refractivity contribution in [3.63, 3.8) is 0 Å². The molecule has 0 unspecified atom stereocenters. The van der Waals surface area contributed by atoms with Crippen molar-refractivity contribution in [3.05, 3.63) is 12.3 Å². The summed E-state index contributed by atoms with van der Waals surface area (Å²) in [7, 11) is 0. The van der Waals surface area contributed by atoms with Crippen molar-refractivity contribution in [3.8, 4) is 6.07 Å². The van der Waals surface area contributed by atoms with Crippen molar-refractivity contribution in [2.24, 2.45) is 0 Å². The second-order valence-electron chi connectivity index (χ2n) is 1.62. The summed E-state index contributed by atoms with van der Waals surface area (Å²) in [5.41, 5.74) is 0. The van der Waals surface area contributed by atoms with E-state index in [1.54, 1.807) is 0 Å². The van der Waals surface area contributed by atoms with Crippen LogP contribution in [0.3, 0.4) is 0 Å². The van der Waals surface area contributed by atoms with Gasteiger partial charge in [0.25, 0.3) is 0 Å². The fourth-order valence-electron chi connectivity index (χ4n) is 0.227. The highest BCUT2D eigenvalue weighted by molar-refractivity contribution is 4.97. The van der Waals surface area contributed by atoms with E-state index in [1.165, 1.54) is 12.3 Å². The standard InChI is InChI=1S/C6H9NO/c1-6(2)8-5-3-4-7/h3,5-6H,1-2H3/b5-3-. The van der Waals surface area contributed by atoms with Gasteiger partial charge in [-0.1, -0.05) is 0 Å². The Morgan fingerprint density at radius 3 is 2.62 bits per heavy atom. The van der Waals surface area contributed by atoms with E-state index in [9.17, 15) is 0 Å². The van der Waals surface area contributed by atoms with Crippen LogP contribution in [-0.4, -0.2) is 6.10 Å². The molecule has 2 heteroatoms. The van der Waals surface area contributed by atoms with E-state index in [1.807, 2.05) is 19.9 Å². The quantitative estimate of drug-likeness (QED) is 0.399. The lowest BCUT2D eigenvalue weighted by molar-refractivity contribution is 0.179. The van der Waals surface area contributed by atoms with Crippen molar-refractivity contribution in [2.75, 3.05) is 0 Å². The van der Waals surface area contributed by atoms with Crippen LogP contribution in [0, 0.1) is 11.3 Å². The SMILES string of the molecule is CC(C)O/C=C\C#N. The maximum absolute atomic E-state index is 7.96. The third kappa shape index (κ3) is 5.03. The molecule has 0 aromatic rings. The predicted octanol–water partition coefficient (Wildman–Crippen LogP) is 1.45. The maximum atomic E-state index is 7.96. The summed E-state index contributed by atoms with van der Waals surface area (Å²) in [5, 5.41) is 7.96. The molecule has 0 radical (unpaired) electrons. The molecule has 0 aliphatic rings. The molecule has 0 aromatic heterocycles. The smallest absolute Gasteiger partial charge is 0.0944 e. The first-order valence-electron chi connectivity index (χ1n) is 2.47. The average molecular weight is 111 g/mol. The molecule has 0 aromatic carbocycles. The normalized spacial score (nSPS) is 9.75. The number of allylic oxidation sites excluding steroid dienone is 1. The van der Waals surface area contributed by atoms with Gasteiger partial charge in [0, 0.05) is 0 Å². The number of rotatable bonds is 2. The predicted molar refractivity (Wildman–Crippen MR) is 31.0 cm³/mol. The first-order valence-corrected chi connectivity index (χ1v) is 2.47. The number of hydrogen-bond acceptors (Lipinski definition) is 2. The Balaban J connectivity index is 3.19. The Bertz CT molecular complexity index is 110. The Morgan fingerprint density at radius 1 is 1.62 bits per heavy atom. The Labute approximate surface area is 49.4 Å². The molecule has 0 heterocycles. The first kappa shape index (κ1) is 7.03. The monoisotopic (exact) mass is 111 g/mol. The second-order valence-corrected chi connectivity index (χ2v) is 1.62.